The molecule has 7 nitrogen and oxygen atoms in total. The molecule has 3 aromatic rings. The number of nitriles is 1. The third kappa shape index (κ3) is 4.65. The molecule has 0 saturated carbocycles. The van der Waals surface area contributed by atoms with Crippen LogP contribution in [0.5, 0.6) is 11.5 Å². The number of hydrogen-bond donors (Lipinski definition) is 0. The zero-order chi connectivity index (χ0) is 22.5. The molecule has 1 aromatic heterocycles. The molecule has 0 amide bonds. The highest BCUT2D eigenvalue weighted by atomic mass is 16.5. The normalized spacial score (nSPS) is 12.5. The Morgan fingerprint density at radius 3 is 2.75 bits per heavy atom. The number of carbonyl (C=O) groups excluding carboxylic acids is 1. The Morgan fingerprint density at radius 1 is 1.16 bits per heavy atom. The lowest BCUT2D eigenvalue weighted by molar-refractivity contribution is -0.138. The molecule has 0 atom stereocenters. The van der Waals surface area contributed by atoms with Gasteiger partial charge in [0.1, 0.15) is 18.3 Å². The van der Waals surface area contributed by atoms with Crippen LogP contribution in [0.2, 0.25) is 0 Å². The number of aryl methyl sites for hydroxylation is 2. The van der Waals surface area contributed by atoms with Gasteiger partial charge in [-0.3, -0.25) is 0 Å². The van der Waals surface area contributed by atoms with E-state index in [9.17, 15) is 9.59 Å². The highest BCUT2D eigenvalue weighted by Gasteiger charge is 2.15. The van der Waals surface area contributed by atoms with Crippen molar-refractivity contribution in [3.05, 3.63) is 75.1 Å². The smallest absolute Gasteiger partial charge is 0.336 e. The van der Waals surface area contributed by atoms with Gasteiger partial charge >= 0.3 is 11.6 Å². The predicted octanol–water partition coefficient (Wildman–Crippen LogP) is 3.95. The number of hydrogen-bond acceptors (Lipinski definition) is 7. The van der Waals surface area contributed by atoms with Gasteiger partial charge in [-0.2, -0.15) is 5.26 Å². The molecule has 0 spiro atoms. The zero-order valence-corrected chi connectivity index (χ0v) is 17.6. The molecule has 0 fully saturated rings. The van der Waals surface area contributed by atoms with E-state index in [1.807, 2.05) is 18.2 Å². The van der Waals surface area contributed by atoms with Gasteiger partial charge in [-0.1, -0.05) is 6.07 Å². The number of esters is 1. The summed E-state index contributed by atoms with van der Waals surface area (Å²) in [7, 11) is 1.49. The Balaban J connectivity index is 1.46. The fraction of sp³-hybridized carbons (Fsp3) is 0.240. The van der Waals surface area contributed by atoms with Gasteiger partial charge in [0, 0.05) is 23.1 Å². The quantitative estimate of drug-likeness (QED) is 0.317. The Bertz CT molecular complexity index is 1300. The van der Waals surface area contributed by atoms with Gasteiger partial charge in [-0.05, 0) is 66.3 Å². The van der Waals surface area contributed by atoms with Crippen LogP contribution in [0.4, 0.5) is 0 Å². The Labute approximate surface area is 184 Å². The van der Waals surface area contributed by atoms with Gasteiger partial charge in [0.05, 0.1) is 7.11 Å². The third-order valence-corrected chi connectivity index (χ3v) is 5.30. The molecule has 4 rings (SSSR count). The molecule has 0 saturated heterocycles. The summed E-state index contributed by atoms with van der Waals surface area (Å²) < 4.78 is 21.3. The maximum Gasteiger partial charge on any atom is 0.336 e. The van der Waals surface area contributed by atoms with Crippen LogP contribution in [0.1, 0.15) is 28.7 Å². The number of rotatable bonds is 7. The molecule has 1 aliphatic carbocycles. The minimum absolute atomic E-state index is 0.0334. The number of methoxy groups -OCH3 is 1. The van der Waals surface area contributed by atoms with Crippen LogP contribution in [0.25, 0.3) is 17.0 Å². The van der Waals surface area contributed by atoms with Crippen molar-refractivity contribution in [2.24, 2.45) is 0 Å². The van der Waals surface area contributed by atoms with E-state index in [0.717, 1.165) is 24.6 Å². The molecule has 0 bridgehead atoms. The van der Waals surface area contributed by atoms with Crippen molar-refractivity contribution in [3.8, 4) is 17.6 Å². The highest BCUT2D eigenvalue weighted by Crippen LogP contribution is 2.29. The minimum Gasteiger partial charge on any atom is -0.493 e. The van der Waals surface area contributed by atoms with Crippen molar-refractivity contribution in [3.63, 3.8) is 0 Å². The van der Waals surface area contributed by atoms with E-state index in [0.29, 0.717) is 28.2 Å². The Morgan fingerprint density at radius 2 is 1.97 bits per heavy atom. The van der Waals surface area contributed by atoms with Gasteiger partial charge in [0.2, 0.25) is 0 Å². The molecule has 0 unspecified atom stereocenters. The zero-order valence-electron chi connectivity index (χ0n) is 17.6. The van der Waals surface area contributed by atoms with E-state index in [4.69, 9.17) is 23.9 Å². The van der Waals surface area contributed by atoms with Gasteiger partial charge in [-0.15, -0.1) is 0 Å². The third-order valence-electron chi connectivity index (χ3n) is 5.30. The summed E-state index contributed by atoms with van der Waals surface area (Å²) in [5.41, 5.74) is 3.82. The van der Waals surface area contributed by atoms with Crippen molar-refractivity contribution >= 4 is 23.0 Å². The highest BCUT2D eigenvalue weighted by molar-refractivity contribution is 5.88. The summed E-state index contributed by atoms with van der Waals surface area (Å²) in [6, 6.07) is 12.3. The van der Waals surface area contributed by atoms with E-state index in [-0.39, 0.29) is 13.2 Å². The summed E-state index contributed by atoms with van der Waals surface area (Å²) in [5.74, 6) is 0.345. The molecule has 0 aliphatic heterocycles. The van der Waals surface area contributed by atoms with Gasteiger partial charge in [0.25, 0.3) is 0 Å². The molecule has 0 N–H and O–H groups in total. The maximum atomic E-state index is 12.3. The Hall–Kier alpha value is -4.05. The van der Waals surface area contributed by atoms with Crippen molar-refractivity contribution in [2.75, 3.05) is 13.7 Å². The summed E-state index contributed by atoms with van der Waals surface area (Å²) >= 11 is 0. The lowest BCUT2D eigenvalue weighted by Crippen LogP contribution is -2.06. The lowest BCUT2D eigenvalue weighted by Gasteiger charge is -2.09. The SMILES string of the molecule is COc1cc(/C=C\C(=O)OCc2cc(=O)oc3cc4c(cc23)CCC4)ccc1OCC#N. The number of fused-ring (bicyclic) bond motifs is 2. The molecule has 0 radical (unpaired) electrons. The summed E-state index contributed by atoms with van der Waals surface area (Å²) in [5, 5.41) is 9.43. The van der Waals surface area contributed by atoms with Crippen LogP contribution in [0.3, 0.4) is 0 Å². The van der Waals surface area contributed by atoms with Crippen molar-refractivity contribution < 1.29 is 23.4 Å². The molecule has 1 heterocycles. The molecular weight excluding hydrogens is 410 g/mol. The first-order valence-corrected chi connectivity index (χ1v) is 10.2. The van der Waals surface area contributed by atoms with Crippen LogP contribution in [0, 0.1) is 11.3 Å². The monoisotopic (exact) mass is 431 g/mol. The first-order chi connectivity index (χ1) is 15.6. The molecule has 2 aromatic carbocycles. The van der Waals surface area contributed by atoms with E-state index in [1.165, 1.54) is 30.4 Å². The van der Waals surface area contributed by atoms with E-state index in [2.05, 4.69) is 0 Å². The predicted molar refractivity (Wildman–Crippen MR) is 117 cm³/mol. The molecule has 1 aliphatic rings. The first kappa shape index (κ1) is 21.2. The number of ether oxygens (including phenoxy) is 3. The van der Waals surface area contributed by atoms with Crippen LogP contribution in [0.15, 0.2) is 51.7 Å². The molecule has 162 valence electrons. The second-order valence-corrected chi connectivity index (χ2v) is 7.36. The van der Waals surface area contributed by atoms with E-state index < -0.39 is 11.6 Å². The fourth-order valence-corrected chi connectivity index (χ4v) is 3.79. The van der Waals surface area contributed by atoms with E-state index >= 15 is 0 Å². The summed E-state index contributed by atoms with van der Waals surface area (Å²) in [6.07, 6.45) is 5.95. The average Bonchev–Trinajstić information content (AvgIpc) is 3.26. The molecule has 7 heteroatoms. The fourth-order valence-electron chi connectivity index (χ4n) is 3.79. The van der Waals surface area contributed by atoms with Crippen LogP contribution < -0.4 is 15.1 Å². The lowest BCUT2D eigenvalue weighted by atomic mass is 10.0. The standard InChI is InChI=1S/C25H21NO6/c1-29-23-11-16(5-7-21(23)30-10-9-26)6-8-24(27)31-15-19-14-25(28)32-22-13-18-4-2-3-17(18)12-20(19)22/h5-8,11-14H,2-4,10,15H2,1H3/b8-6-. The number of carbonyl (C=O) groups is 1. The van der Waals surface area contributed by atoms with Crippen LogP contribution in [-0.4, -0.2) is 19.7 Å². The van der Waals surface area contributed by atoms with Gasteiger partial charge in [-0.25, -0.2) is 9.59 Å². The summed E-state index contributed by atoms with van der Waals surface area (Å²) in [6.45, 7) is -0.123. The van der Waals surface area contributed by atoms with E-state index in [1.54, 1.807) is 24.3 Å². The Kier molecular flexibility index (Phi) is 6.22. The average molecular weight is 431 g/mol. The summed E-state index contributed by atoms with van der Waals surface area (Å²) in [4.78, 5) is 24.2. The molecule has 32 heavy (non-hydrogen) atoms. The van der Waals surface area contributed by atoms with Crippen molar-refractivity contribution in [1.82, 2.24) is 0 Å². The second kappa shape index (κ2) is 9.40. The molecular formula is C25H21NO6. The van der Waals surface area contributed by atoms with Gasteiger partial charge < -0.3 is 18.6 Å². The topological polar surface area (TPSA) is 98.8 Å². The van der Waals surface area contributed by atoms with Gasteiger partial charge in [0.15, 0.2) is 18.1 Å². The number of benzene rings is 2. The first-order valence-electron chi connectivity index (χ1n) is 10.2. The maximum absolute atomic E-state index is 12.3. The minimum atomic E-state index is -0.545. The van der Waals surface area contributed by atoms with Crippen LogP contribution >= 0.6 is 0 Å². The number of nitrogens with zero attached hydrogens (tertiary/aromatic N) is 1. The second-order valence-electron chi connectivity index (χ2n) is 7.36. The van der Waals surface area contributed by atoms with Crippen LogP contribution in [-0.2, 0) is 29.0 Å². The largest absolute Gasteiger partial charge is 0.493 e. The van der Waals surface area contributed by atoms with Crippen molar-refractivity contribution in [2.45, 2.75) is 25.9 Å². The van der Waals surface area contributed by atoms with Crippen molar-refractivity contribution in [1.29, 1.82) is 5.26 Å².